The molecule has 2 N–H and O–H groups in total. The van der Waals surface area contributed by atoms with E-state index in [-0.39, 0.29) is 5.91 Å². The van der Waals surface area contributed by atoms with Crippen molar-refractivity contribution in [1.29, 1.82) is 0 Å². The summed E-state index contributed by atoms with van der Waals surface area (Å²) in [6.45, 7) is 4.75. The Kier molecular flexibility index (Phi) is 4.74. The summed E-state index contributed by atoms with van der Waals surface area (Å²) in [6.07, 6.45) is 1.57. The molecule has 0 aliphatic carbocycles. The smallest absolute Gasteiger partial charge is 0.257 e. The summed E-state index contributed by atoms with van der Waals surface area (Å²) in [6, 6.07) is 9.33. The van der Waals surface area contributed by atoms with Crippen molar-refractivity contribution in [2.45, 2.75) is 13.8 Å². The maximum Gasteiger partial charge on any atom is 0.257 e. The van der Waals surface area contributed by atoms with Gasteiger partial charge in [-0.25, -0.2) is 4.98 Å². The third-order valence-corrected chi connectivity index (χ3v) is 3.32. The standard InChI is InChI=1S/C15H16BrN3O/c1-3-17-14-7-5-11(9-18-14)15(20)19-13-8-12(16)6-4-10(13)2/h4-9H,3H2,1-2H3,(H,17,18)(H,19,20). The van der Waals surface area contributed by atoms with Crippen LogP contribution in [0.15, 0.2) is 41.0 Å². The number of hydrogen-bond acceptors (Lipinski definition) is 3. The van der Waals surface area contributed by atoms with Crippen molar-refractivity contribution in [2.75, 3.05) is 17.2 Å². The van der Waals surface area contributed by atoms with Gasteiger partial charge in [0, 0.05) is 22.9 Å². The van der Waals surface area contributed by atoms with Crippen LogP contribution in [0.1, 0.15) is 22.8 Å². The normalized spacial score (nSPS) is 10.2. The number of aromatic nitrogens is 1. The van der Waals surface area contributed by atoms with Crippen LogP contribution in [0.2, 0.25) is 0 Å². The zero-order valence-electron chi connectivity index (χ0n) is 11.4. The van der Waals surface area contributed by atoms with E-state index in [0.29, 0.717) is 5.56 Å². The van der Waals surface area contributed by atoms with Gasteiger partial charge in [-0.15, -0.1) is 0 Å². The number of pyridine rings is 1. The minimum atomic E-state index is -0.165. The second-order valence-electron chi connectivity index (χ2n) is 4.38. The number of halogens is 1. The number of nitrogens with one attached hydrogen (secondary N) is 2. The van der Waals surface area contributed by atoms with Crippen molar-refractivity contribution < 1.29 is 4.79 Å². The monoisotopic (exact) mass is 333 g/mol. The number of aryl methyl sites for hydroxylation is 1. The van der Waals surface area contributed by atoms with Crippen LogP contribution in [0.5, 0.6) is 0 Å². The van der Waals surface area contributed by atoms with Crippen LogP contribution in [0.4, 0.5) is 11.5 Å². The highest BCUT2D eigenvalue weighted by Crippen LogP contribution is 2.21. The molecule has 0 aliphatic heterocycles. The Morgan fingerprint density at radius 3 is 2.75 bits per heavy atom. The van der Waals surface area contributed by atoms with Gasteiger partial charge in [-0.05, 0) is 43.7 Å². The lowest BCUT2D eigenvalue weighted by molar-refractivity contribution is 0.102. The first-order chi connectivity index (χ1) is 9.60. The van der Waals surface area contributed by atoms with Crippen LogP contribution in [-0.4, -0.2) is 17.4 Å². The highest BCUT2D eigenvalue weighted by molar-refractivity contribution is 9.10. The predicted octanol–water partition coefficient (Wildman–Crippen LogP) is 3.84. The number of nitrogens with zero attached hydrogens (tertiary/aromatic N) is 1. The molecule has 20 heavy (non-hydrogen) atoms. The van der Waals surface area contributed by atoms with Gasteiger partial charge in [-0.2, -0.15) is 0 Å². The number of carbonyl (C=O) groups excluding carboxylic acids is 1. The van der Waals surface area contributed by atoms with Gasteiger partial charge in [-0.3, -0.25) is 4.79 Å². The summed E-state index contributed by atoms with van der Waals surface area (Å²) in [5.74, 6) is 0.601. The SMILES string of the molecule is CCNc1ccc(C(=O)Nc2cc(Br)ccc2C)cn1. The van der Waals surface area contributed by atoms with Crippen LogP contribution in [0.25, 0.3) is 0 Å². The molecular formula is C15H16BrN3O. The van der Waals surface area contributed by atoms with E-state index in [1.807, 2.05) is 32.0 Å². The van der Waals surface area contributed by atoms with Gasteiger partial charge in [0.05, 0.1) is 5.56 Å². The van der Waals surface area contributed by atoms with Gasteiger partial charge in [0.2, 0.25) is 0 Å². The first-order valence-electron chi connectivity index (χ1n) is 6.37. The fourth-order valence-electron chi connectivity index (χ4n) is 1.74. The largest absolute Gasteiger partial charge is 0.370 e. The molecule has 0 spiro atoms. The molecule has 0 saturated carbocycles. The van der Waals surface area contributed by atoms with Crippen LogP contribution in [0.3, 0.4) is 0 Å². The van der Waals surface area contributed by atoms with Crippen LogP contribution in [0, 0.1) is 6.92 Å². The number of amides is 1. The quantitative estimate of drug-likeness (QED) is 0.893. The van der Waals surface area contributed by atoms with Gasteiger partial charge < -0.3 is 10.6 Å². The van der Waals surface area contributed by atoms with Gasteiger partial charge >= 0.3 is 0 Å². The molecule has 2 rings (SSSR count). The Labute approximate surface area is 126 Å². The molecule has 0 radical (unpaired) electrons. The van der Waals surface area contributed by atoms with E-state index >= 15 is 0 Å². The molecule has 0 saturated heterocycles. The fraction of sp³-hybridized carbons (Fsp3) is 0.200. The van der Waals surface area contributed by atoms with Gasteiger partial charge in [0.25, 0.3) is 5.91 Å². The minimum absolute atomic E-state index is 0.165. The molecular weight excluding hydrogens is 318 g/mol. The lowest BCUT2D eigenvalue weighted by atomic mass is 10.2. The summed E-state index contributed by atoms with van der Waals surface area (Å²) in [5, 5.41) is 5.98. The average Bonchev–Trinajstić information content (AvgIpc) is 2.44. The van der Waals surface area contributed by atoms with E-state index < -0.39 is 0 Å². The molecule has 1 aromatic carbocycles. The Bertz CT molecular complexity index is 611. The first kappa shape index (κ1) is 14.5. The summed E-state index contributed by atoms with van der Waals surface area (Å²) in [4.78, 5) is 16.3. The Hall–Kier alpha value is -1.88. The maximum absolute atomic E-state index is 12.2. The van der Waals surface area contributed by atoms with Crippen LogP contribution >= 0.6 is 15.9 Å². The molecule has 104 valence electrons. The van der Waals surface area contributed by atoms with E-state index in [1.165, 1.54) is 0 Å². The van der Waals surface area contributed by atoms with E-state index in [0.717, 1.165) is 28.1 Å². The van der Waals surface area contributed by atoms with Crippen LogP contribution in [-0.2, 0) is 0 Å². The molecule has 0 fully saturated rings. The Balaban J connectivity index is 2.13. The number of anilines is 2. The van der Waals surface area contributed by atoms with Crippen molar-refractivity contribution in [3.63, 3.8) is 0 Å². The molecule has 1 heterocycles. The molecule has 0 bridgehead atoms. The zero-order valence-corrected chi connectivity index (χ0v) is 13.0. The molecule has 0 unspecified atom stereocenters. The predicted molar refractivity (Wildman–Crippen MR) is 85.2 cm³/mol. The van der Waals surface area contributed by atoms with Crippen molar-refractivity contribution in [2.24, 2.45) is 0 Å². The third-order valence-electron chi connectivity index (χ3n) is 2.83. The highest BCUT2D eigenvalue weighted by Gasteiger charge is 2.08. The van der Waals surface area contributed by atoms with Gasteiger partial charge in [-0.1, -0.05) is 22.0 Å². The molecule has 0 atom stereocenters. The number of rotatable bonds is 4. The first-order valence-corrected chi connectivity index (χ1v) is 7.17. The minimum Gasteiger partial charge on any atom is -0.370 e. The van der Waals surface area contributed by atoms with E-state index in [1.54, 1.807) is 18.3 Å². The summed E-state index contributed by atoms with van der Waals surface area (Å²) < 4.78 is 0.930. The van der Waals surface area contributed by atoms with E-state index in [4.69, 9.17) is 0 Å². The van der Waals surface area contributed by atoms with Crippen LogP contribution < -0.4 is 10.6 Å². The lowest BCUT2D eigenvalue weighted by Gasteiger charge is -2.09. The van der Waals surface area contributed by atoms with Gasteiger partial charge in [0.1, 0.15) is 5.82 Å². The second kappa shape index (κ2) is 6.52. The van der Waals surface area contributed by atoms with Crippen molar-refractivity contribution in [1.82, 2.24) is 4.98 Å². The van der Waals surface area contributed by atoms with E-state index in [9.17, 15) is 4.79 Å². The Morgan fingerprint density at radius 2 is 2.10 bits per heavy atom. The van der Waals surface area contributed by atoms with Crippen molar-refractivity contribution in [3.8, 4) is 0 Å². The fourth-order valence-corrected chi connectivity index (χ4v) is 2.10. The van der Waals surface area contributed by atoms with Crippen molar-refractivity contribution in [3.05, 3.63) is 52.1 Å². The van der Waals surface area contributed by atoms with Gasteiger partial charge in [0.15, 0.2) is 0 Å². The third kappa shape index (κ3) is 3.57. The molecule has 0 aliphatic rings. The summed E-state index contributed by atoms with van der Waals surface area (Å²) in [7, 11) is 0. The lowest BCUT2D eigenvalue weighted by Crippen LogP contribution is -2.13. The number of hydrogen-bond donors (Lipinski definition) is 2. The van der Waals surface area contributed by atoms with Crippen molar-refractivity contribution >= 4 is 33.3 Å². The molecule has 1 aromatic heterocycles. The molecule has 1 amide bonds. The summed E-state index contributed by atoms with van der Waals surface area (Å²) >= 11 is 3.40. The molecule has 5 heteroatoms. The molecule has 4 nitrogen and oxygen atoms in total. The van der Waals surface area contributed by atoms with E-state index in [2.05, 4.69) is 31.5 Å². The molecule has 2 aromatic rings. The zero-order chi connectivity index (χ0) is 14.5. The summed E-state index contributed by atoms with van der Waals surface area (Å²) in [5.41, 5.74) is 2.34. The Morgan fingerprint density at radius 1 is 1.30 bits per heavy atom. The maximum atomic E-state index is 12.2. The second-order valence-corrected chi connectivity index (χ2v) is 5.29. The highest BCUT2D eigenvalue weighted by atomic mass is 79.9. The topological polar surface area (TPSA) is 54.0 Å². The average molecular weight is 334 g/mol. The number of benzene rings is 1. The number of carbonyl (C=O) groups is 1.